The summed E-state index contributed by atoms with van der Waals surface area (Å²) in [6, 6.07) is 4.27. The minimum Gasteiger partial charge on any atom is -0.480 e. The summed E-state index contributed by atoms with van der Waals surface area (Å²) in [6.45, 7) is 6.66. The summed E-state index contributed by atoms with van der Waals surface area (Å²) in [7, 11) is 0. The number of aliphatic carboxylic acids is 1. The fourth-order valence-electron chi connectivity index (χ4n) is 7.88. The standard InChI is InChI=1S/C27H36N2O2/c1-25-12-10-19(27(3,28)24(30)31)15-18(25)6-7-20-22-9-8-21(17-5-4-14-29-16-17)26(22,2)13-11-23(20)25/h4-6,8,14,16,19-20,22-23H,7,9-13,15,28H2,1-3H3,(H,30,31)/t19-,20-,22-,23-,25-,26+,27?/m0/s1. The second-order valence-electron chi connectivity index (χ2n) is 11.3. The summed E-state index contributed by atoms with van der Waals surface area (Å²) in [5.74, 6) is 1.25. The predicted octanol–water partition coefficient (Wildman–Crippen LogP) is 5.46. The monoisotopic (exact) mass is 420 g/mol. The number of hydrogen-bond acceptors (Lipinski definition) is 3. The number of allylic oxidation sites excluding steroid dienone is 4. The highest BCUT2D eigenvalue weighted by Crippen LogP contribution is 2.66. The Kier molecular flexibility index (Phi) is 4.75. The van der Waals surface area contributed by atoms with E-state index in [1.165, 1.54) is 36.0 Å². The zero-order valence-corrected chi connectivity index (χ0v) is 19.1. The molecule has 3 N–H and O–H groups in total. The number of carbonyl (C=O) groups is 1. The normalized spacial score (nSPS) is 41.2. The van der Waals surface area contributed by atoms with E-state index in [0.717, 1.165) is 25.7 Å². The van der Waals surface area contributed by atoms with E-state index >= 15 is 0 Å². The molecule has 4 nitrogen and oxygen atoms in total. The molecule has 1 aromatic rings. The minimum absolute atomic E-state index is 0.0278. The Balaban J connectivity index is 1.42. The highest BCUT2D eigenvalue weighted by molar-refractivity contribution is 5.78. The Labute approximate surface area is 186 Å². The lowest BCUT2D eigenvalue weighted by Gasteiger charge is -2.58. The number of hydrogen-bond donors (Lipinski definition) is 2. The van der Waals surface area contributed by atoms with Gasteiger partial charge in [0.15, 0.2) is 0 Å². The van der Waals surface area contributed by atoms with Crippen LogP contribution in [0.4, 0.5) is 0 Å². The Morgan fingerprint density at radius 1 is 1.16 bits per heavy atom. The number of rotatable bonds is 3. The number of carboxylic acids is 1. The molecule has 5 rings (SSSR count). The molecule has 0 amide bonds. The second-order valence-corrected chi connectivity index (χ2v) is 11.3. The molecule has 2 saturated carbocycles. The van der Waals surface area contributed by atoms with Gasteiger partial charge in [-0.3, -0.25) is 9.78 Å². The molecule has 166 valence electrons. The summed E-state index contributed by atoms with van der Waals surface area (Å²) in [5.41, 5.74) is 9.84. The first-order chi connectivity index (χ1) is 14.7. The van der Waals surface area contributed by atoms with E-state index in [1.807, 2.05) is 12.4 Å². The van der Waals surface area contributed by atoms with Gasteiger partial charge in [-0.1, -0.05) is 37.6 Å². The molecule has 4 aliphatic carbocycles. The molecule has 4 heteroatoms. The smallest absolute Gasteiger partial charge is 0.323 e. The van der Waals surface area contributed by atoms with Gasteiger partial charge in [-0.05, 0) is 104 Å². The van der Waals surface area contributed by atoms with Crippen LogP contribution < -0.4 is 5.73 Å². The average Bonchev–Trinajstić information content (AvgIpc) is 3.10. The zero-order valence-electron chi connectivity index (χ0n) is 19.1. The summed E-state index contributed by atoms with van der Waals surface area (Å²) in [6.07, 6.45) is 16.5. The van der Waals surface area contributed by atoms with Crippen LogP contribution in [0.25, 0.3) is 5.57 Å². The molecule has 1 heterocycles. The zero-order chi connectivity index (χ0) is 22.0. The minimum atomic E-state index is -1.14. The lowest BCUT2D eigenvalue weighted by molar-refractivity contribution is -0.145. The SMILES string of the molecule is CC(N)(C(=O)O)[C@H]1CC[C@@]2(C)C(=CC[C@@H]3[C@@H]2CC[C@]2(C)C(c4cccnc4)=CC[C@@H]32)C1. The van der Waals surface area contributed by atoms with Crippen LogP contribution in [0.3, 0.4) is 0 Å². The van der Waals surface area contributed by atoms with Crippen molar-refractivity contribution in [2.75, 3.05) is 0 Å². The van der Waals surface area contributed by atoms with Crippen molar-refractivity contribution in [1.29, 1.82) is 0 Å². The van der Waals surface area contributed by atoms with Gasteiger partial charge in [-0.2, -0.15) is 0 Å². The average molecular weight is 421 g/mol. The lowest BCUT2D eigenvalue weighted by Crippen LogP contribution is -2.55. The van der Waals surface area contributed by atoms with Crippen LogP contribution in [0, 0.1) is 34.5 Å². The van der Waals surface area contributed by atoms with Crippen LogP contribution in [0.2, 0.25) is 0 Å². The Morgan fingerprint density at radius 3 is 2.65 bits per heavy atom. The van der Waals surface area contributed by atoms with E-state index < -0.39 is 11.5 Å². The van der Waals surface area contributed by atoms with E-state index in [1.54, 1.807) is 6.92 Å². The van der Waals surface area contributed by atoms with E-state index in [2.05, 4.69) is 43.1 Å². The first-order valence-corrected chi connectivity index (χ1v) is 12.0. The molecule has 1 aromatic heterocycles. The third-order valence-corrected chi connectivity index (χ3v) is 9.97. The maximum Gasteiger partial charge on any atom is 0.323 e. The number of carboxylic acid groups (broad SMARTS) is 1. The van der Waals surface area contributed by atoms with Gasteiger partial charge in [0.05, 0.1) is 0 Å². The Hall–Kier alpha value is -1.94. The molecule has 0 aliphatic heterocycles. The van der Waals surface area contributed by atoms with Gasteiger partial charge in [0.25, 0.3) is 0 Å². The fraction of sp³-hybridized carbons (Fsp3) is 0.630. The maximum atomic E-state index is 11.7. The number of pyridine rings is 1. The Bertz CT molecular complexity index is 949. The molecule has 1 unspecified atom stereocenters. The van der Waals surface area contributed by atoms with Gasteiger partial charge in [-0.25, -0.2) is 0 Å². The van der Waals surface area contributed by atoms with Gasteiger partial charge < -0.3 is 10.8 Å². The van der Waals surface area contributed by atoms with Crippen molar-refractivity contribution in [2.24, 2.45) is 40.2 Å². The van der Waals surface area contributed by atoms with Crippen molar-refractivity contribution in [1.82, 2.24) is 4.98 Å². The van der Waals surface area contributed by atoms with Gasteiger partial charge in [0, 0.05) is 12.4 Å². The van der Waals surface area contributed by atoms with Crippen LogP contribution in [-0.2, 0) is 4.79 Å². The van der Waals surface area contributed by atoms with E-state index in [4.69, 9.17) is 5.73 Å². The molecule has 0 bridgehead atoms. The fourth-order valence-corrected chi connectivity index (χ4v) is 7.88. The van der Waals surface area contributed by atoms with Gasteiger partial charge in [0.2, 0.25) is 0 Å². The van der Waals surface area contributed by atoms with Crippen LogP contribution in [0.1, 0.15) is 71.3 Å². The molecule has 0 aromatic carbocycles. The van der Waals surface area contributed by atoms with Crippen molar-refractivity contribution >= 4 is 11.5 Å². The highest BCUT2D eigenvalue weighted by atomic mass is 16.4. The van der Waals surface area contributed by atoms with Crippen LogP contribution in [-0.4, -0.2) is 21.6 Å². The lowest BCUT2D eigenvalue weighted by atomic mass is 9.46. The molecular formula is C27H36N2O2. The molecule has 0 saturated heterocycles. The largest absolute Gasteiger partial charge is 0.480 e. The summed E-state index contributed by atoms with van der Waals surface area (Å²) < 4.78 is 0. The van der Waals surface area contributed by atoms with Gasteiger partial charge in [0.1, 0.15) is 5.54 Å². The van der Waals surface area contributed by atoms with Crippen LogP contribution in [0.15, 0.2) is 42.3 Å². The van der Waals surface area contributed by atoms with Crippen LogP contribution in [0.5, 0.6) is 0 Å². The van der Waals surface area contributed by atoms with Crippen molar-refractivity contribution in [2.45, 2.75) is 71.3 Å². The first-order valence-electron chi connectivity index (χ1n) is 12.0. The summed E-state index contributed by atoms with van der Waals surface area (Å²) in [5, 5.41) is 9.64. The summed E-state index contributed by atoms with van der Waals surface area (Å²) in [4.78, 5) is 16.1. The Morgan fingerprint density at radius 2 is 1.94 bits per heavy atom. The number of fused-ring (bicyclic) bond motifs is 5. The highest BCUT2D eigenvalue weighted by Gasteiger charge is 2.57. The number of nitrogens with zero attached hydrogens (tertiary/aromatic N) is 1. The van der Waals surface area contributed by atoms with Gasteiger partial charge in [-0.15, -0.1) is 0 Å². The van der Waals surface area contributed by atoms with Gasteiger partial charge >= 0.3 is 5.97 Å². The number of nitrogens with two attached hydrogens (primary N) is 1. The van der Waals surface area contributed by atoms with E-state index in [9.17, 15) is 9.90 Å². The van der Waals surface area contributed by atoms with Crippen molar-refractivity contribution < 1.29 is 9.90 Å². The molecule has 0 radical (unpaired) electrons. The molecule has 7 atom stereocenters. The summed E-state index contributed by atoms with van der Waals surface area (Å²) >= 11 is 0. The topological polar surface area (TPSA) is 76.2 Å². The van der Waals surface area contributed by atoms with E-state index in [-0.39, 0.29) is 16.7 Å². The quantitative estimate of drug-likeness (QED) is 0.637. The third-order valence-electron chi connectivity index (χ3n) is 9.97. The predicted molar refractivity (Wildman–Crippen MR) is 123 cm³/mol. The third kappa shape index (κ3) is 2.97. The van der Waals surface area contributed by atoms with E-state index in [0.29, 0.717) is 17.8 Å². The molecule has 31 heavy (non-hydrogen) atoms. The van der Waals surface area contributed by atoms with Crippen molar-refractivity contribution in [3.05, 3.63) is 47.8 Å². The second kappa shape index (κ2) is 7.03. The number of aromatic nitrogens is 1. The molecule has 4 aliphatic rings. The first kappa shape index (κ1) is 20.9. The van der Waals surface area contributed by atoms with Crippen molar-refractivity contribution in [3.63, 3.8) is 0 Å². The van der Waals surface area contributed by atoms with Crippen LogP contribution >= 0.6 is 0 Å². The molecule has 0 spiro atoms. The molecular weight excluding hydrogens is 384 g/mol. The maximum absolute atomic E-state index is 11.7. The van der Waals surface area contributed by atoms with Crippen molar-refractivity contribution in [3.8, 4) is 0 Å². The molecule has 2 fully saturated rings.